The molecule has 0 aliphatic carbocycles. The monoisotopic (exact) mass is 223 g/mol. The molecule has 0 radical (unpaired) electrons. The lowest BCUT2D eigenvalue weighted by atomic mass is 10.2. The zero-order chi connectivity index (χ0) is 11.5. The summed E-state index contributed by atoms with van der Waals surface area (Å²) in [4.78, 5) is 17.7. The van der Waals surface area contributed by atoms with E-state index < -0.39 is 0 Å². The van der Waals surface area contributed by atoms with Crippen LogP contribution in [0.2, 0.25) is 0 Å². The summed E-state index contributed by atoms with van der Waals surface area (Å²) < 4.78 is 1.49. The lowest BCUT2D eigenvalue weighted by Gasteiger charge is -2.23. The third kappa shape index (κ3) is 2.15. The van der Waals surface area contributed by atoms with E-state index in [4.69, 9.17) is 5.73 Å². The Morgan fingerprint density at radius 3 is 3.12 bits per heavy atom. The first-order valence-electron chi connectivity index (χ1n) is 5.65. The van der Waals surface area contributed by atoms with E-state index in [9.17, 15) is 4.79 Å². The first-order chi connectivity index (χ1) is 7.70. The topological polar surface area (TPSA) is 77.0 Å². The van der Waals surface area contributed by atoms with Crippen LogP contribution in [0.25, 0.3) is 0 Å². The molecule has 0 saturated carbocycles. The van der Waals surface area contributed by atoms with Crippen LogP contribution >= 0.6 is 0 Å². The van der Waals surface area contributed by atoms with Crippen LogP contribution in [0.1, 0.15) is 26.2 Å². The van der Waals surface area contributed by atoms with Crippen molar-refractivity contribution >= 4 is 11.9 Å². The van der Waals surface area contributed by atoms with Crippen LogP contribution in [0.15, 0.2) is 6.33 Å². The number of nitrogens with two attached hydrogens (primary N) is 1. The molecular weight excluding hydrogens is 206 g/mol. The van der Waals surface area contributed by atoms with Gasteiger partial charge in [-0.15, -0.1) is 5.10 Å². The van der Waals surface area contributed by atoms with Crippen molar-refractivity contribution in [1.82, 2.24) is 19.7 Å². The average molecular weight is 223 g/mol. The normalized spacial score (nSPS) is 20.3. The molecule has 16 heavy (non-hydrogen) atoms. The van der Waals surface area contributed by atoms with E-state index in [0.717, 1.165) is 25.8 Å². The molecule has 1 amide bonds. The molecule has 1 saturated heterocycles. The second-order valence-corrected chi connectivity index (χ2v) is 4.09. The molecule has 1 aliphatic heterocycles. The Morgan fingerprint density at radius 2 is 2.50 bits per heavy atom. The van der Waals surface area contributed by atoms with Gasteiger partial charge in [0, 0.05) is 12.6 Å². The summed E-state index contributed by atoms with van der Waals surface area (Å²) in [6.07, 6.45) is 4.72. The van der Waals surface area contributed by atoms with E-state index in [2.05, 4.69) is 17.0 Å². The van der Waals surface area contributed by atoms with Crippen LogP contribution in [0.3, 0.4) is 0 Å². The van der Waals surface area contributed by atoms with Gasteiger partial charge in [0.25, 0.3) is 0 Å². The van der Waals surface area contributed by atoms with Gasteiger partial charge < -0.3 is 10.6 Å². The summed E-state index contributed by atoms with van der Waals surface area (Å²) >= 11 is 0. The predicted molar refractivity (Wildman–Crippen MR) is 59.5 cm³/mol. The summed E-state index contributed by atoms with van der Waals surface area (Å²) in [5, 5.41) is 3.91. The average Bonchev–Trinajstić information content (AvgIpc) is 2.86. The summed E-state index contributed by atoms with van der Waals surface area (Å²) in [6.45, 7) is 3.21. The number of aromatic nitrogens is 3. The maximum atomic E-state index is 12.0. The molecular formula is C10H17N5O. The maximum absolute atomic E-state index is 12.0. The van der Waals surface area contributed by atoms with Gasteiger partial charge in [-0.2, -0.15) is 0 Å². The number of carbonyl (C=O) groups is 1. The molecule has 6 nitrogen and oxygen atoms in total. The highest BCUT2D eigenvalue weighted by molar-refractivity contribution is 5.76. The number of carbonyl (C=O) groups excluding carboxylic acids is 1. The SMILES string of the molecule is CCC1CCCN1C(=O)Cn1cnc(N)n1. The second-order valence-electron chi connectivity index (χ2n) is 4.09. The molecule has 1 atom stereocenters. The zero-order valence-electron chi connectivity index (χ0n) is 9.46. The Morgan fingerprint density at radius 1 is 1.69 bits per heavy atom. The van der Waals surface area contributed by atoms with Crippen molar-refractivity contribution in [3.63, 3.8) is 0 Å². The number of hydrogen-bond donors (Lipinski definition) is 1. The highest BCUT2D eigenvalue weighted by atomic mass is 16.2. The number of likely N-dealkylation sites (tertiary alicyclic amines) is 1. The van der Waals surface area contributed by atoms with E-state index in [1.165, 1.54) is 11.0 Å². The minimum Gasteiger partial charge on any atom is -0.367 e. The van der Waals surface area contributed by atoms with E-state index in [-0.39, 0.29) is 18.4 Å². The van der Waals surface area contributed by atoms with Crippen molar-refractivity contribution < 1.29 is 4.79 Å². The van der Waals surface area contributed by atoms with Crippen LogP contribution in [-0.4, -0.2) is 38.2 Å². The largest absolute Gasteiger partial charge is 0.367 e. The smallest absolute Gasteiger partial charge is 0.244 e. The Hall–Kier alpha value is -1.59. The summed E-state index contributed by atoms with van der Waals surface area (Å²) in [5.41, 5.74) is 5.39. The third-order valence-corrected chi connectivity index (χ3v) is 3.02. The first kappa shape index (κ1) is 10.9. The molecule has 2 N–H and O–H groups in total. The van der Waals surface area contributed by atoms with Gasteiger partial charge in [0.1, 0.15) is 12.9 Å². The first-order valence-corrected chi connectivity index (χ1v) is 5.65. The number of hydrogen-bond acceptors (Lipinski definition) is 4. The van der Waals surface area contributed by atoms with Gasteiger partial charge in [0.05, 0.1) is 0 Å². The van der Waals surface area contributed by atoms with Crippen molar-refractivity contribution in [1.29, 1.82) is 0 Å². The highest BCUT2D eigenvalue weighted by Crippen LogP contribution is 2.19. The van der Waals surface area contributed by atoms with Crippen molar-refractivity contribution in [2.45, 2.75) is 38.8 Å². The summed E-state index contributed by atoms with van der Waals surface area (Å²) in [7, 11) is 0. The standard InChI is InChI=1S/C10H17N5O/c1-2-8-4-3-5-15(8)9(16)6-14-7-12-10(11)13-14/h7-8H,2-6H2,1H3,(H2,11,13). The minimum atomic E-state index is 0.106. The van der Waals surface area contributed by atoms with Crippen molar-refractivity contribution in [2.75, 3.05) is 12.3 Å². The summed E-state index contributed by atoms with van der Waals surface area (Å²) in [5.74, 6) is 0.315. The molecule has 0 aromatic carbocycles. The fourth-order valence-electron chi connectivity index (χ4n) is 2.20. The lowest BCUT2D eigenvalue weighted by Crippen LogP contribution is -2.37. The molecule has 0 bridgehead atoms. The number of amides is 1. The molecule has 6 heteroatoms. The van der Waals surface area contributed by atoms with Gasteiger partial charge in [0.15, 0.2) is 0 Å². The number of anilines is 1. The Labute approximate surface area is 94.4 Å². The van der Waals surface area contributed by atoms with Crippen molar-refractivity contribution in [2.24, 2.45) is 0 Å². The van der Waals surface area contributed by atoms with E-state index in [1.54, 1.807) is 0 Å². The molecule has 1 aliphatic rings. The number of nitrogens with zero attached hydrogens (tertiary/aromatic N) is 4. The minimum absolute atomic E-state index is 0.106. The second kappa shape index (κ2) is 4.51. The molecule has 0 spiro atoms. The van der Waals surface area contributed by atoms with Crippen molar-refractivity contribution in [3.8, 4) is 0 Å². The molecule has 1 aromatic heterocycles. The predicted octanol–water partition coefficient (Wildman–Crippen LogP) is 0.261. The lowest BCUT2D eigenvalue weighted by molar-refractivity contribution is -0.132. The number of rotatable bonds is 3. The van der Waals surface area contributed by atoms with Gasteiger partial charge in [-0.25, -0.2) is 9.67 Å². The fraction of sp³-hybridized carbons (Fsp3) is 0.700. The van der Waals surface area contributed by atoms with Crippen LogP contribution in [0.5, 0.6) is 0 Å². The van der Waals surface area contributed by atoms with Gasteiger partial charge in [-0.1, -0.05) is 6.92 Å². The fourth-order valence-corrected chi connectivity index (χ4v) is 2.20. The Bertz CT molecular complexity index is 375. The Balaban J connectivity index is 1.97. The molecule has 1 unspecified atom stereocenters. The van der Waals surface area contributed by atoms with Crippen LogP contribution in [0.4, 0.5) is 5.95 Å². The van der Waals surface area contributed by atoms with Gasteiger partial charge in [0.2, 0.25) is 11.9 Å². The maximum Gasteiger partial charge on any atom is 0.244 e. The van der Waals surface area contributed by atoms with Crippen molar-refractivity contribution in [3.05, 3.63) is 6.33 Å². The van der Waals surface area contributed by atoms with E-state index in [1.807, 2.05) is 4.90 Å². The number of nitrogen functional groups attached to an aromatic ring is 1. The van der Waals surface area contributed by atoms with Gasteiger partial charge in [-0.05, 0) is 19.3 Å². The third-order valence-electron chi connectivity index (χ3n) is 3.02. The quantitative estimate of drug-likeness (QED) is 0.797. The molecule has 2 heterocycles. The van der Waals surface area contributed by atoms with Crippen LogP contribution < -0.4 is 5.73 Å². The molecule has 1 aromatic rings. The van der Waals surface area contributed by atoms with Gasteiger partial charge in [-0.3, -0.25) is 4.79 Å². The molecule has 1 fully saturated rings. The highest BCUT2D eigenvalue weighted by Gasteiger charge is 2.27. The van der Waals surface area contributed by atoms with Crippen LogP contribution in [0, 0.1) is 0 Å². The summed E-state index contributed by atoms with van der Waals surface area (Å²) in [6, 6.07) is 0.397. The molecule has 88 valence electrons. The zero-order valence-corrected chi connectivity index (χ0v) is 9.46. The van der Waals surface area contributed by atoms with Gasteiger partial charge >= 0.3 is 0 Å². The molecule has 2 rings (SSSR count). The van der Waals surface area contributed by atoms with Crippen LogP contribution in [-0.2, 0) is 11.3 Å². The van der Waals surface area contributed by atoms with E-state index >= 15 is 0 Å². The van der Waals surface area contributed by atoms with E-state index in [0.29, 0.717) is 6.04 Å². The Kier molecular flexibility index (Phi) is 3.07.